The van der Waals surface area contributed by atoms with Gasteiger partial charge < -0.3 is 0 Å². The zero-order valence-electron chi connectivity index (χ0n) is 14.3. The molecule has 1 aliphatic rings. The highest BCUT2D eigenvalue weighted by Gasteiger charge is 2.28. The molecule has 0 N–H and O–H groups in total. The molecule has 0 spiro atoms. The lowest BCUT2D eigenvalue weighted by Gasteiger charge is -2.20. The summed E-state index contributed by atoms with van der Waals surface area (Å²) in [6.45, 7) is 1.92. The molecule has 0 saturated carbocycles. The number of hydrogen-bond acceptors (Lipinski definition) is 2. The summed E-state index contributed by atoms with van der Waals surface area (Å²) in [4.78, 5) is 2.13. The van der Waals surface area contributed by atoms with Crippen molar-refractivity contribution in [3.8, 4) is 0 Å². The monoisotopic (exact) mass is 362 g/mol. The standard InChI is InChI=1S/C21H18N2O2S/c1-16-11-13-19(14-12-16)26(24,25)22-21-15-17-7-5-6-10-20(17)23(21)18-8-3-2-4-9-18/h2-14H,15H2,1H3/b22-21-. The number of nitrogens with zero attached hydrogens (tertiary/aromatic N) is 2. The van der Waals surface area contributed by atoms with E-state index in [0.29, 0.717) is 12.3 Å². The summed E-state index contributed by atoms with van der Waals surface area (Å²) >= 11 is 0. The second-order valence-electron chi connectivity index (χ2n) is 6.27. The predicted molar refractivity (Wildman–Crippen MR) is 105 cm³/mol. The maximum absolute atomic E-state index is 12.8. The summed E-state index contributed by atoms with van der Waals surface area (Å²) in [7, 11) is -3.77. The minimum Gasteiger partial charge on any atom is -0.297 e. The van der Waals surface area contributed by atoms with E-state index in [1.807, 2.05) is 66.4 Å². The molecule has 0 aliphatic carbocycles. The van der Waals surface area contributed by atoms with Crippen LogP contribution >= 0.6 is 0 Å². The Labute approximate surface area is 153 Å². The fraction of sp³-hybridized carbons (Fsp3) is 0.0952. The van der Waals surface area contributed by atoms with Crippen LogP contribution in [0.3, 0.4) is 0 Å². The molecule has 0 radical (unpaired) electrons. The minimum atomic E-state index is -3.77. The molecular weight excluding hydrogens is 344 g/mol. The Morgan fingerprint density at radius 2 is 1.50 bits per heavy atom. The van der Waals surface area contributed by atoms with Crippen molar-refractivity contribution in [1.82, 2.24) is 0 Å². The average Bonchev–Trinajstić information content (AvgIpc) is 3.00. The van der Waals surface area contributed by atoms with Gasteiger partial charge in [0.1, 0.15) is 5.84 Å². The lowest BCUT2D eigenvalue weighted by molar-refractivity contribution is 0.598. The molecule has 5 heteroatoms. The SMILES string of the molecule is Cc1ccc(S(=O)(=O)/N=C2/Cc3ccccc3N2c2ccccc2)cc1. The van der Waals surface area contributed by atoms with Crippen molar-refractivity contribution in [3.05, 3.63) is 90.0 Å². The summed E-state index contributed by atoms with van der Waals surface area (Å²) in [5.41, 5.74) is 3.94. The lowest BCUT2D eigenvalue weighted by atomic mass is 10.2. The van der Waals surface area contributed by atoms with E-state index in [1.54, 1.807) is 24.3 Å². The number of benzene rings is 3. The van der Waals surface area contributed by atoms with Gasteiger partial charge in [-0.05, 0) is 42.8 Å². The molecule has 0 saturated heterocycles. The Kier molecular flexibility index (Phi) is 4.09. The van der Waals surface area contributed by atoms with E-state index < -0.39 is 10.0 Å². The second-order valence-corrected chi connectivity index (χ2v) is 7.88. The van der Waals surface area contributed by atoms with Gasteiger partial charge in [-0.2, -0.15) is 8.42 Å². The number of anilines is 2. The fourth-order valence-electron chi connectivity index (χ4n) is 3.11. The number of sulfonamides is 1. The van der Waals surface area contributed by atoms with Gasteiger partial charge in [-0.1, -0.05) is 54.1 Å². The van der Waals surface area contributed by atoms with Crippen LogP contribution in [-0.2, 0) is 16.4 Å². The highest BCUT2D eigenvalue weighted by atomic mass is 32.2. The van der Waals surface area contributed by atoms with Crippen LogP contribution in [0.4, 0.5) is 11.4 Å². The Bertz CT molecular complexity index is 1070. The number of hydrogen-bond donors (Lipinski definition) is 0. The molecule has 0 atom stereocenters. The first-order valence-corrected chi connectivity index (χ1v) is 9.82. The van der Waals surface area contributed by atoms with Crippen LogP contribution in [0.25, 0.3) is 0 Å². The lowest BCUT2D eigenvalue weighted by Crippen LogP contribution is -2.23. The Hall–Kier alpha value is -2.92. The van der Waals surface area contributed by atoms with Crippen molar-refractivity contribution in [3.63, 3.8) is 0 Å². The van der Waals surface area contributed by atoms with Gasteiger partial charge in [-0.25, -0.2) is 0 Å². The van der Waals surface area contributed by atoms with Gasteiger partial charge in [0.05, 0.1) is 10.6 Å². The largest absolute Gasteiger partial charge is 0.297 e. The third-order valence-electron chi connectivity index (χ3n) is 4.40. The van der Waals surface area contributed by atoms with Gasteiger partial charge in [-0.3, -0.25) is 4.90 Å². The van der Waals surface area contributed by atoms with E-state index in [2.05, 4.69) is 4.40 Å². The summed E-state index contributed by atoms with van der Waals surface area (Å²) in [6, 6.07) is 24.4. The van der Waals surface area contributed by atoms with Crippen molar-refractivity contribution in [2.45, 2.75) is 18.2 Å². The first-order chi connectivity index (χ1) is 12.5. The number of aryl methyl sites for hydroxylation is 1. The molecule has 1 heterocycles. The third-order valence-corrected chi connectivity index (χ3v) is 5.72. The minimum absolute atomic E-state index is 0.208. The van der Waals surface area contributed by atoms with Gasteiger partial charge in [0.15, 0.2) is 0 Å². The summed E-state index contributed by atoms with van der Waals surface area (Å²) < 4.78 is 29.8. The van der Waals surface area contributed by atoms with Crippen LogP contribution in [0.1, 0.15) is 11.1 Å². The number of fused-ring (bicyclic) bond motifs is 1. The molecule has 1 aliphatic heterocycles. The van der Waals surface area contributed by atoms with Crippen LogP contribution < -0.4 is 4.90 Å². The van der Waals surface area contributed by atoms with Gasteiger partial charge in [0.2, 0.25) is 0 Å². The number of amidine groups is 1. The van der Waals surface area contributed by atoms with Crippen LogP contribution in [0.15, 0.2) is 88.2 Å². The molecule has 0 bridgehead atoms. The van der Waals surface area contributed by atoms with Crippen LogP contribution in [0, 0.1) is 6.92 Å². The zero-order valence-corrected chi connectivity index (χ0v) is 15.1. The number of rotatable bonds is 3. The predicted octanol–water partition coefficient (Wildman–Crippen LogP) is 4.48. The van der Waals surface area contributed by atoms with E-state index in [1.165, 1.54) is 0 Å². The van der Waals surface area contributed by atoms with Crippen molar-refractivity contribution >= 4 is 27.2 Å². The molecule has 0 fully saturated rings. The smallest absolute Gasteiger partial charge is 0.283 e. The molecule has 4 nitrogen and oxygen atoms in total. The summed E-state index contributed by atoms with van der Waals surface area (Å²) in [5, 5.41) is 0. The molecular formula is C21H18N2O2S. The topological polar surface area (TPSA) is 49.7 Å². The first kappa shape index (κ1) is 16.5. The van der Waals surface area contributed by atoms with Gasteiger partial charge in [-0.15, -0.1) is 4.40 Å². The van der Waals surface area contributed by atoms with Gasteiger partial charge >= 0.3 is 0 Å². The molecule has 26 heavy (non-hydrogen) atoms. The normalized spacial score (nSPS) is 15.3. The van der Waals surface area contributed by atoms with E-state index in [4.69, 9.17) is 0 Å². The summed E-state index contributed by atoms with van der Waals surface area (Å²) in [6.07, 6.45) is 0.482. The molecule has 3 aromatic rings. The van der Waals surface area contributed by atoms with Crippen LogP contribution in [-0.4, -0.2) is 14.3 Å². The Morgan fingerprint density at radius 3 is 2.23 bits per heavy atom. The van der Waals surface area contributed by atoms with Gasteiger partial charge in [0.25, 0.3) is 10.0 Å². The molecule has 130 valence electrons. The van der Waals surface area contributed by atoms with Crippen molar-refractivity contribution in [1.29, 1.82) is 0 Å². The van der Waals surface area contributed by atoms with Crippen molar-refractivity contribution in [2.75, 3.05) is 4.90 Å². The maximum Gasteiger partial charge on any atom is 0.283 e. The van der Waals surface area contributed by atoms with E-state index >= 15 is 0 Å². The highest BCUT2D eigenvalue weighted by Crippen LogP contribution is 2.36. The van der Waals surface area contributed by atoms with E-state index in [-0.39, 0.29) is 4.90 Å². The molecule has 0 unspecified atom stereocenters. The average molecular weight is 362 g/mol. The molecule has 3 aromatic carbocycles. The Balaban J connectivity index is 1.82. The van der Waals surface area contributed by atoms with Crippen LogP contribution in [0.2, 0.25) is 0 Å². The molecule has 0 aromatic heterocycles. The molecule has 4 rings (SSSR count). The molecule has 0 amide bonds. The van der Waals surface area contributed by atoms with E-state index in [0.717, 1.165) is 22.5 Å². The maximum atomic E-state index is 12.8. The zero-order chi connectivity index (χ0) is 18.1. The van der Waals surface area contributed by atoms with Gasteiger partial charge in [0, 0.05) is 12.1 Å². The fourth-order valence-corrected chi connectivity index (χ4v) is 4.12. The highest BCUT2D eigenvalue weighted by molar-refractivity contribution is 7.90. The van der Waals surface area contributed by atoms with E-state index in [9.17, 15) is 8.42 Å². The Morgan fingerprint density at radius 1 is 0.846 bits per heavy atom. The second kappa shape index (κ2) is 6.42. The van der Waals surface area contributed by atoms with Crippen molar-refractivity contribution < 1.29 is 8.42 Å². The third kappa shape index (κ3) is 3.02. The quantitative estimate of drug-likeness (QED) is 0.690. The van der Waals surface area contributed by atoms with Crippen molar-refractivity contribution in [2.24, 2.45) is 4.40 Å². The van der Waals surface area contributed by atoms with Crippen LogP contribution in [0.5, 0.6) is 0 Å². The summed E-state index contributed by atoms with van der Waals surface area (Å²) in [5.74, 6) is 0.512. The number of para-hydroxylation sites is 2. The first-order valence-electron chi connectivity index (χ1n) is 8.38.